The van der Waals surface area contributed by atoms with Gasteiger partial charge in [0.2, 0.25) is 0 Å². The van der Waals surface area contributed by atoms with Crippen molar-refractivity contribution >= 4 is 23.1 Å². The number of carbonyl (C=O) groups excluding carboxylic acids is 2. The molecule has 1 N–H and O–H groups in total. The van der Waals surface area contributed by atoms with Crippen LogP contribution >= 0.6 is 0 Å². The van der Waals surface area contributed by atoms with E-state index in [0.717, 1.165) is 11.1 Å². The number of amides is 1. The molecule has 0 aliphatic carbocycles. The Labute approximate surface area is 209 Å². The van der Waals surface area contributed by atoms with Gasteiger partial charge in [0.25, 0.3) is 11.7 Å². The minimum atomic E-state index is -0.858. The number of carbonyl (C=O) groups is 2. The minimum Gasteiger partial charge on any atom is -0.507 e. The normalized spacial score (nSPS) is 16.8. The minimum absolute atomic E-state index is 0.0000861. The number of hydrogen-bond acceptors (Lipinski definition) is 5. The first kappa shape index (κ1) is 23.1. The number of aliphatic hydroxyl groups excluding tert-OH is 1. The van der Waals surface area contributed by atoms with E-state index in [1.54, 1.807) is 66.9 Å². The zero-order valence-electron chi connectivity index (χ0n) is 19.7. The highest BCUT2D eigenvalue weighted by Gasteiger charge is 2.47. The summed E-state index contributed by atoms with van der Waals surface area (Å²) in [5.74, 6) is -1.05. The lowest BCUT2D eigenvalue weighted by Gasteiger charge is -2.24. The highest BCUT2D eigenvalue weighted by molar-refractivity contribution is 6.51. The Morgan fingerprint density at radius 1 is 0.917 bits per heavy atom. The Bertz CT molecular complexity index is 1430. The second-order valence-electron chi connectivity index (χ2n) is 8.51. The molecule has 1 amide bonds. The monoisotopic (exact) mass is 476 g/mol. The number of ketones is 1. The van der Waals surface area contributed by atoms with Gasteiger partial charge in [-0.1, -0.05) is 54.6 Å². The van der Waals surface area contributed by atoms with Crippen LogP contribution in [0.1, 0.15) is 28.4 Å². The summed E-state index contributed by atoms with van der Waals surface area (Å²) in [6.45, 7) is 2.28. The number of rotatable bonds is 6. The Hall–Kier alpha value is -4.71. The zero-order chi connectivity index (χ0) is 25.1. The molecule has 1 unspecified atom stereocenters. The second kappa shape index (κ2) is 9.88. The summed E-state index contributed by atoms with van der Waals surface area (Å²) in [5.41, 5.74) is 3.30. The Balaban J connectivity index is 1.54. The van der Waals surface area contributed by atoms with Crippen LogP contribution in [0.2, 0.25) is 0 Å². The molecule has 1 fully saturated rings. The average Bonchev–Trinajstić information content (AvgIpc) is 3.19. The molecular formula is C30H24N2O4. The molecule has 0 radical (unpaired) electrons. The molecule has 1 aliphatic heterocycles. The Kier molecular flexibility index (Phi) is 6.33. The van der Waals surface area contributed by atoms with Gasteiger partial charge < -0.3 is 9.84 Å². The van der Waals surface area contributed by atoms with Crippen molar-refractivity contribution in [1.82, 2.24) is 4.98 Å². The number of aromatic nitrogens is 1. The van der Waals surface area contributed by atoms with Gasteiger partial charge >= 0.3 is 0 Å². The van der Waals surface area contributed by atoms with E-state index in [4.69, 9.17) is 4.74 Å². The SMILES string of the molecule is Cc1cc(/C(O)=C2/C(=O)C(=O)N(c3ccccc3)C2c2ccccn2)ccc1OCc1ccccc1. The van der Waals surface area contributed by atoms with Gasteiger partial charge in [-0.3, -0.25) is 19.5 Å². The Morgan fingerprint density at radius 2 is 1.61 bits per heavy atom. The number of aliphatic hydroxyl groups is 1. The molecule has 1 atom stereocenters. The summed E-state index contributed by atoms with van der Waals surface area (Å²) in [6.07, 6.45) is 1.60. The maximum absolute atomic E-state index is 13.2. The highest BCUT2D eigenvalue weighted by atomic mass is 16.5. The number of benzene rings is 3. The maximum atomic E-state index is 13.2. The summed E-state index contributed by atoms with van der Waals surface area (Å²) in [7, 11) is 0. The van der Waals surface area contributed by atoms with Gasteiger partial charge in [-0.25, -0.2) is 0 Å². The fourth-order valence-electron chi connectivity index (χ4n) is 4.35. The van der Waals surface area contributed by atoms with Gasteiger partial charge in [0.05, 0.1) is 11.3 Å². The average molecular weight is 477 g/mol. The zero-order valence-corrected chi connectivity index (χ0v) is 19.7. The molecule has 0 spiro atoms. The highest BCUT2D eigenvalue weighted by Crippen LogP contribution is 2.41. The molecule has 6 heteroatoms. The van der Waals surface area contributed by atoms with Gasteiger partial charge in [-0.2, -0.15) is 0 Å². The van der Waals surface area contributed by atoms with Crippen LogP contribution in [0.15, 0.2) is 109 Å². The van der Waals surface area contributed by atoms with Crippen LogP contribution < -0.4 is 9.64 Å². The molecule has 1 saturated heterocycles. The van der Waals surface area contributed by atoms with Gasteiger partial charge in [-0.05, 0) is 60.5 Å². The number of para-hydroxylation sites is 1. The van der Waals surface area contributed by atoms with Crippen molar-refractivity contribution in [3.05, 3.63) is 131 Å². The molecule has 2 heterocycles. The molecule has 1 aromatic heterocycles. The number of anilines is 1. The fourth-order valence-corrected chi connectivity index (χ4v) is 4.35. The van der Waals surface area contributed by atoms with Gasteiger partial charge in [-0.15, -0.1) is 0 Å². The summed E-state index contributed by atoms with van der Waals surface area (Å²) in [5, 5.41) is 11.3. The van der Waals surface area contributed by atoms with Gasteiger partial charge in [0.15, 0.2) is 0 Å². The summed E-state index contributed by atoms with van der Waals surface area (Å²) < 4.78 is 5.95. The molecule has 6 nitrogen and oxygen atoms in total. The third kappa shape index (κ3) is 4.36. The molecule has 4 aromatic rings. The van der Waals surface area contributed by atoms with Crippen molar-refractivity contribution in [3.8, 4) is 5.75 Å². The molecular weight excluding hydrogens is 452 g/mol. The third-order valence-corrected chi connectivity index (χ3v) is 6.13. The predicted molar refractivity (Wildman–Crippen MR) is 137 cm³/mol. The van der Waals surface area contributed by atoms with E-state index in [-0.39, 0.29) is 11.3 Å². The fraction of sp³-hybridized carbons (Fsp3) is 0.100. The third-order valence-electron chi connectivity index (χ3n) is 6.13. The van der Waals surface area contributed by atoms with Crippen LogP contribution in [0.25, 0.3) is 5.76 Å². The van der Waals surface area contributed by atoms with Crippen LogP contribution in [0.5, 0.6) is 5.75 Å². The van der Waals surface area contributed by atoms with E-state index >= 15 is 0 Å². The number of ether oxygens (including phenoxy) is 1. The first-order valence-electron chi connectivity index (χ1n) is 11.6. The molecule has 36 heavy (non-hydrogen) atoms. The van der Waals surface area contributed by atoms with Crippen molar-refractivity contribution in [3.63, 3.8) is 0 Å². The van der Waals surface area contributed by atoms with E-state index in [1.165, 1.54) is 4.90 Å². The summed E-state index contributed by atoms with van der Waals surface area (Å²) in [6, 6.07) is 28.4. The topological polar surface area (TPSA) is 79.7 Å². The lowest BCUT2D eigenvalue weighted by Crippen LogP contribution is -2.29. The van der Waals surface area contributed by atoms with Crippen LogP contribution in [0.4, 0.5) is 5.69 Å². The quantitative estimate of drug-likeness (QED) is 0.223. The molecule has 5 rings (SSSR count). The first-order valence-corrected chi connectivity index (χ1v) is 11.6. The number of Topliss-reactive ketones (excluding diaryl/α,β-unsaturated/α-hetero) is 1. The molecule has 0 saturated carbocycles. The first-order chi connectivity index (χ1) is 17.5. The van der Waals surface area contributed by atoms with E-state index < -0.39 is 17.7 Å². The lowest BCUT2D eigenvalue weighted by molar-refractivity contribution is -0.132. The van der Waals surface area contributed by atoms with Crippen molar-refractivity contribution in [2.24, 2.45) is 0 Å². The summed E-state index contributed by atoms with van der Waals surface area (Å²) >= 11 is 0. The van der Waals surface area contributed by atoms with Gasteiger partial charge in [0.1, 0.15) is 24.2 Å². The number of aryl methyl sites for hydroxylation is 1. The van der Waals surface area contributed by atoms with Crippen LogP contribution in [-0.2, 0) is 16.2 Å². The van der Waals surface area contributed by atoms with Gasteiger partial charge in [0, 0.05) is 17.4 Å². The van der Waals surface area contributed by atoms with Crippen LogP contribution in [0.3, 0.4) is 0 Å². The maximum Gasteiger partial charge on any atom is 0.300 e. The number of hydrogen-bond donors (Lipinski definition) is 1. The van der Waals surface area contributed by atoms with E-state index in [0.29, 0.717) is 29.3 Å². The predicted octanol–water partition coefficient (Wildman–Crippen LogP) is 5.60. The number of nitrogens with zero attached hydrogens (tertiary/aromatic N) is 2. The molecule has 1 aliphatic rings. The van der Waals surface area contributed by atoms with Crippen molar-refractivity contribution in [2.75, 3.05) is 4.90 Å². The molecule has 3 aromatic carbocycles. The molecule has 178 valence electrons. The number of pyridine rings is 1. The van der Waals surface area contributed by atoms with Crippen molar-refractivity contribution in [2.45, 2.75) is 19.6 Å². The lowest BCUT2D eigenvalue weighted by atomic mass is 9.97. The smallest absolute Gasteiger partial charge is 0.300 e. The van der Waals surface area contributed by atoms with E-state index in [9.17, 15) is 14.7 Å². The van der Waals surface area contributed by atoms with Crippen molar-refractivity contribution in [1.29, 1.82) is 0 Å². The van der Waals surface area contributed by atoms with Crippen LogP contribution in [-0.4, -0.2) is 21.8 Å². The Morgan fingerprint density at radius 3 is 2.28 bits per heavy atom. The standard InChI is InChI=1S/C30H24N2O4/c1-20-18-22(15-16-25(20)36-19-21-10-4-2-5-11-21)28(33)26-27(24-14-8-9-17-31-24)32(30(35)29(26)34)23-12-6-3-7-13-23/h2-18,27,33H,19H2,1H3/b28-26-. The largest absolute Gasteiger partial charge is 0.507 e. The molecule has 0 bridgehead atoms. The van der Waals surface area contributed by atoms with Crippen molar-refractivity contribution < 1.29 is 19.4 Å². The van der Waals surface area contributed by atoms with Crippen LogP contribution in [0, 0.1) is 6.92 Å². The van der Waals surface area contributed by atoms with E-state index in [1.807, 2.05) is 43.3 Å². The van der Waals surface area contributed by atoms with E-state index in [2.05, 4.69) is 4.98 Å². The second-order valence-corrected chi connectivity index (χ2v) is 8.51. The summed E-state index contributed by atoms with van der Waals surface area (Å²) in [4.78, 5) is 32.2.